The number of sulfonamides is 1. The van der Waals surface area contributed by atoms with Crippen LogP contribution in [0.1, 0.15) is 30.8 Å². The number of rotatable bonds is 6. The molecule has 19 heavy (non-hydrogen) atoms. The molecule has 0 saturated carbocycles. The van der Waals surface area contributed by atoms with Crippen LogP contribution in [0.5, 0.6) is 0 Å². The van der Waals surface area contributed by atoms with E-state index >= 15 is 0 Å². The van der Waals surface area contributed by atoms with Gasteiger partial charge in [-0.25, -0.2) is 17.9 Å². The Morgan fingerprint density at radius 3 is 2.53 bits per heavy atom. The van der Waals surface area contributed by atoms with Gasteiger partial charge in [-0.3, -0.25) is 0 Å². The molecule has 0 aliphatic rings. The second kappa shape index (κ2) is 5.61. The van der Waals surface area contributed by atoms with Crippen LogP contribution in [0, 0.1) is 0 Å². The molecule has 9 heteroatoms. The summed E-state index contributed by atoms with van der Waals surface area (Å²) in [4.78, 5) is 10.4. The second-order valence-corrected chi connectivity index (χ2v) is 6.60. The molecule has 0 bridgehead atoms. The highest BCUT2D eigenvalue weighted by Crippen LogP contribution is 2.27. The highest BCUT2D eigenvalue weighted by molar-refractivity contribution is 9.10. The largest absolute Gasteiger partial charge is 0.475 e. The number of aliphatic hydroxyl groups is 1. The standard InChI is InChI=1S/C10H14BrNO6S/c1-3-10(2,5-13)12-19(16,17)7-4-6(9(14)15)18-8(7)11/h4,12-13H,3,5H2,1-2H3,(H,14,15). The average Bonchev–Trinajstić information content (AvgIpc) is 2.71. The topological polar surface area (TPSA) is 117 Å². The van der Waals surface area contributed by atoms with Crippen molar-refractivity contribution >= 4 is 31.9 Å². The zero-order chi connectivity index (χ0) is 14.8. The van der Waals surface area contributed by atoms with Gasteiger partial charge in [0.1, 0.15) is 4.90 Å². The zero-order valence-electron chi connectivity index (χ0n) is 10.3. The molecule has 1 heterocycles. The van der Waals surface area contributed by atoms with Gasteiger partial charge < -0.3 is 14.6 Å². The zero-order valence-corrected chi connectivity index (χ0v) is 12.7. The van der Waals surface area contributed by atoms with E-state index in [4.69, 9.17) is 9.52 Å². The van der Waals surface area contributed by atoms with Crippen molar-refractivity contribution in [2.75, 3.05) is 6.61 Å². The van der Waals surface area contributed by atoms with Crippen molar-refractivity contribution < 1.29 is 27.8 Å². The molecule has 0 spiro atoms. The summed E-state index contributed by atoms with van der Waals surface area (Å²) in [7, 11) is -4.00. The molecule has 0 aliphatic carbocycles. The fraction of sp³-hybridized carbons (Fsp3) is 0.500. The summed E-state index contributed by atoms with van der Waals surface area (Å²) in [6.07, 6.45) is 0.365. The Kier molecular flexibility index (Phi) is 4.77. The molecule has 1 rings (SSSR count). The third-order valence-electron chi connectivity index (χ3n) is 2.67. The maximum Gasteiger partial charge on any atom is 0.371 e. The monoisotopic (exact) mass is 355 g/mol. The van der Waals surface area contributed by atoms with E-state index in [1.807, 2.05) is 0 Å². The van der Waals surface area contributed by atoms with Crippen LogP contribution in [0.2, 0.25) is 0 Å². The number of aromatic carboxylic acids is 1. The Balaban J connectivity index is 3.18. The normalized spacial score (nSPS) is 15.2. The van der Waals surface area contributed by atoms with Crippen LogP contribution in [0.25, 0.3) is 0 Å². The van der Waals surface area contributed by atoms with Crippen LogP contribution in [0.4, 0.5) is 0 Å². The molecule has 0 radical (unpaired) electrons. The highest BCUT2D eigenvalue weighted by atomic mass is 79.9. The number of carboxylic acid groups (broad SMARTS) is 1. The fourth-order valence-electron chi connectivity index (χ4n) is 1.24. The van der Waals surface area contributed by atoms with Crippen molar-refractivity contribution in [3.63, 3.8) is 0 Å². The predicted octanol–water partition coefficient (Wildman–Crippen LogP) is 1.18. The van der Waals surface area contributed by atoms with Crippen molar-refractivity contribution in [3.8, 4) is 0 Å². The first-order chi connectivity index (χ1) is 8.65. The quantitative estimate of drug-likeness (QED) is 0.705. The van der Waals surface area contributed by atoms with Crippen molar-refractivity contribution in [1.29, 1.82) is 0 Å². The van der Waals surface area contributed by atoms with Crippen molar-refractivity contribution in [1.82, 2.24) is 4.72 Å². The summed E-state index contributed by atoms with van der Waals surface area (Å²) in [6, 6.07) is 0.905. The van der Waals surface area contributed by atoms with E-state index in [-0.39, 0.29) is 16.2 Å². The Labute approximate surface area is 118 Å². The highest BCUT2D eigenvalue weighted by Gasteiger charge is 2.32. The molecule has 7 nitrogen and oxygen atoms in total. The van der Waals surface area contributed by atoms with Gasteiger partial charge in [0.25, 0.3) is 0 Å². The van der Waals surface area contributed by atoms with E-state index in [0.29, 0.717) is 6.42 Å². The summed E-state index contributed by atoms with van der Waals surface area (Å²) >= 11 is 2.86. The minimum absolute atomic E-state index is 0.200. The molecule has 1 unspecified atom stereocenters. The lowest BCUT2D eigenvalue weighted by Gasteiger charge is -2.26. The first-order valence-electron chi connectivity index (χ1n) is 5.32. The molecule has 0 amide bonds. The summed E-state index contributed by atoms with van der Waals surface area (Å²) < 4.78 is 31.1. The van der Waals surface area contributed by atoms with Crippen LogP contribution < -0.4 is 4.72 Å². The number of nitrogens with one attached hydrogen (secondary N) is 1. The van der Waals surface area contributed by atoms with Gasteiger partial charge in [0.05, 0.1) is 12.1 Å². The van der Waals surface area contributed by atoms with E-state index in [1.165, 1.54) is 6.92 Å². The Hall–Kier alpha value is -0.900. The third-order valence-corrected chi connectivity index (χ3v) is 5.16. The number of halogens is 1. The molecule has 1 aromatic rings. The van der Waals surface area contributed by atoms with Gasteiger partial charge in [-0.05, 0) is 29.3 Å². The number of furan rings is 1. The van der Waals surface area contributed by atoms with E-state index in [9.17, 15) is 18.3 Å². The second-order valence-electron chi connectivity index (χ2n) is 4.23. The SMILES string of the molecule is CCC(C)(CO)NS(=O)(=O)c1cc(C(=O)O)oc1Br. The van der Waals surface area contributed by atoms with Crippen molar-refractivity contribution in [3.05, 3.63) is 16.5 Å². The van der Waals surface area contributed by atoms with Gasteiger partial charge in [0.2, 0.25) is 15.8 Å². The summed E-state index contributed by atoms with van der Waals surface area (Å²) in [6.45, 7) is 2.87. The number of carbonyl (C=O) groups is 1. The average molecular weight is 356 g/mol. The Morgan fingerprint density at radius 2 is 2.16 bits per heavy atom. The van der Waals surface area contributed by atoms with Gasteiger partial charge in [-0.15, -0.1) is 0 Å². The lowest BCUT2D eigenvalue weighted by atomic mass is 10.0. The molecular formula is C10H14BrNO6S. The molecule has 0 aliphatic heterocycles. The first-order valence-corrected chi connectivity index (χ1v) is 7.60. The maximum absolute atomic E-state index is 12.1. The lowest BCUT2D eigenvalue weighted by Crippen LogP contribution is -2.48. The van der Waals surface area contributed by atoms with Crippen LogP contribution in [0.15, 0.2) is 20.0 Å². The summed E-state index contributed by atoms with van der Waals surface area (Å²) in [5, 5.41) is 17.9. The minimum atomic E-state index is -4.00. The van der Waals surface area contributed by atoms with Crippen LogP contribution in [0.3, 0.4) is 0 Å². The van der Waals surface area contributed by atoms with Gasteiger partial charge in [0, 0.05) is 6.07 Å². The fourth-order valence-corrected chi connectivity index (χ4v) is 3.65. The molecule has 108 valence electrons. The van der Waals surface area contributed by atoms with Gasteiger partial charge in [-0.2, -0.15) is 0 Å². The lowest BCUT2D eigenvalue weighted by molar-refractivity contribution is 0.0661. The maximum atomic E-state index is 12.1. The van der Waals surface area contributed by atoms with Crippen LogP contribution >= 0.6 is 15.9 Å². The van der Waals surface area contributed by atoms with E-state index < -0.39 is 27.3 Å². The first kappa shape index (κ1) is 16.2. The van der Waals surface area contributed by atoms with Crippen molar-refractivity contribution in [2.24, 2.45) is 0 Å². The Morgan fingerprint density at radius 1 is 1.58 bits per heavy atom. The van der Waals surface area contributed by atoms with Crippen LogP contribution in [-0.4, -0.2) is 36.7 Å². The minimum Gasteiger partial charge on any atom is -0.475 e. The van der Waals surface area contributed by atoms with Gasteiger partial charge >= 0.3 is 5.97 Å². The van der Waals surface area contributed by atoms with E-state index in [2.05, 4.69) is 20.7 Å². The molecule has 1 aromatic heterocycles. The smallest absolute Gasteiger partial charge is 0.371 e. The number of aliphatic hydroxyl groups excluding tert-OH is 1. The molecule has 1 atom stereocenters. The number of carboxylic acids is 1. The number of hydrogen-bond donors (Lipinski definition) is 3. The van der Waals surface area contributed by atoms with Gasteiger partial charge in [-0.1, -0.05) is 6.92 Å². The molecular weight excluding hydrogens is 342 g/mol. The Bertz CT molecular complexity index is 575. The third kappa shape index (κ3) is 3.56. The van der Waals surface area contributed by atoms with Crippen molar-refractivity contribution in [2.45, 2.75) is 30.7 Å². The predicted molar refractivity (Wildman–Crippen MR) is 69.5 cm³/mol. The summed E-state index contributed by atoms with van der Waals surface area (Å²) in [5.74, 6) is -1.86. The number of hydrogen-bond acceptors (Lipinski definition) is 5. The van der Waals surface area contributed by atoms with Gasteiger partial charge in [0.15, 0.2) is 4.67 Å². The molecule has 0 fully saturated rings. The molecule has 3 N–H and O–H groups in total. The molecule has 0 saturated heterocycles. The van der Waals surface area contributed by atoms with E-state index in [0.717, 1.165) is 6.07 Å². The summed E-state index contributed by atoms with van der Waals surface area (Å²) in [5.41, 5.74) is -1.03. The van der Waals surface area contributed by atoms with Crippen LogP contribution in [-0.2, 0) is 10.0 Å². The van der Waals surface area contributed by atoms with E-state index in [1.54, 1.807) is 6.92 Å². The molecule has 0 aromatic carbocycles.